The van der Waals surface area contributed by atoms with Crippen molar-refractivity contribution in [2.75, 3.05) is 19.6 Å². The number of hydrogen-bond acceptors (Lipinski definition) is 3. The van der Waals surface area contributed by atoms with Crippen LogP contribution in [0.25, 0.3) is 5.69 Å². The van der Waals surface area contributed by atoms with E-state index in [1.807, 2.05) is 54.3 Å². The van der Waals surface area contributed by atoms with Crippen LogP contribution in [-0.4, -0.2) is 40.2 Å². The molecule has 0 saturated carbocycles. The molecule has 152 valence electrons. The highest BCUT2D eigenvalue weighted by Gasteiger charge is 2.36. The minimum absolute atomic E-state index is 0. The van der Waals surface area contributed by atoms with Crippen LogP contribution in [0.15, 0.2) is 60.8 Å². The van der Waals surface area contributed by atoms with Crippen LogP contribution in [-0.2, 0) is 0 Å². The van der Waals surface area contributed by atoms with E-state index in [4.69, 9.17) is 17.3 Å². The van der Waals surface area contributed by atoms with Crippen LogP contribution in [0, 0.1) is 12.8 Å². The summed E-state index contributed by atoms with van der Waals surface area (Å²) >= 11 is 5.96. The van der Waals surface area contributed by atoms with Crippen LogP contribution < -0.4 is 5.73 Å². The van der Waals surface area contributed by atoms with Crippen molar-refractivity contribution >= 4 is 29.9 Å². The van der Waals surface area contributed by atoms with Crippen molar-refractivity contribution < 1.29 is 4.79 Å². The number of halogens is 2. The summed E-state index contributed by atoms with van der Waals surface area (Å²) in [5.41, 5.74) is 9.47. The van der Waals surface area contributed by atoms with E-state index in [1.165, 1.54) is 5.56 Å². The zero-order valence-electron chi connectivity index (χ0n) is 16.2. The molecule has 2 N–H and O–H groups in total. The van der Waals surface area contributed by atoms with Crippen LogP contribution in [0.2, 0.25) is 5.02 Å². The summed E-state index contributed by atoms with van der Waals surface area (Å²) in [6, 6.07) is 17.7. The fourth-order valence-corrected chi connectivity index (χ4v) is 4.05. The van der Waals surface area contributed by atoms with Gasteiger partial charge in [0.05, 0.1) is 16.9 Å². The maximum absolute atomic E-state index is 13.2. The van der Waals surface area contributed by atoms with E-state index in [0.29, 0.717) is 35.9 Å². The normalized spacial score (nSPS) is 18.5. The Morgan fingerprint density at radius 2 is 1.83 bits per heavy atom. The molecule has 29 heavy (non-hydrogen) atoms. The molecule has 7 heteroatoms. The number of aromatic nitrogens is 2. The van der Waals surface area contributed by atoms with Gasteiger partial charge in [-0.25, -0.2) is 4.68 Å². The van der Waals surface area contributed by atoms with Crippen LogP contribution in [0.3, 0.4) is 0 Å². The number of nitrogens with two attached hydrogens (primary N) is 1. The van der Waals surface area contributed by atoms with E-state index < -0.39 is 0 Å². The van der Waals surface area contributed by atoms with Gasteiger partial charge in [-0.1, -0.05) is 41.9 Å². The molecule has 4 rings (SSSR count). The summed E-state index contributed by atoms with van der Waals surface area (Å²) in [5, 5.41) is 5.19. The van der Waals surface area contributed by atoms with Gasteiger partial charge in [0.25, 0.3) is 5.91 Å². The molecule has 1 aromatic heterocycles. The third-order valence-corrected chi connectivity index (χ3v) is 5.73. The van der Waals surface area contributed by atoms with E-state index in [-0.39, 0.29) is 30.2 Å². The molecular formula is C22H24Cl2N4O. The second kappa shape index (κ2) is 8.99. The first-order valence-corrected chi connectivity index (χ1v) is 9.81. The number of amides is 1. The lowest BCUT2D eigenvalue weighted by atomic mass is 9.89. The number of rotatable bonds is 4. The Kier molecular flexibility index (Phi) is 6.63. The minimum Gasteiger partial charge on any atom is -0.338 e. The zero-order valence-corrected chi connectivity index (χ0v) is 17.7. The number of carbonyl (C=O) groups is 1. The summed E-state index contributed by atoms with van der Waals surface area (Å²) in [7, 11) is 0. The molecule has 0 unspecified atom stereocenters. The van der Waals surface area contributed by atoms with Gasteiger partial charge in [0.2, 0.25) is 0 Å². The summed E-state index contributed by atoms with van der Waals surface area (Å²) < 4.78 is 1.73. The van der Waals surface area contributed by atoms with E-state index in [0.717, 1.165) is 5.69 Å². The molecule has 1 amide bonds. The van der Waals surface area contributed by atoms with E-state index in [9.17, 15) is 4.79 Å². The average molecular weight is 431 g/mol. The Bertz CT molecular complexity index is 972. The predicted molar refractivity (Wildman–Crippen MR) is 118 cm³/mol. The topological polar surface area (TPSA) is 64.2 Å². The molecule has 2 atom stereocenters. The van der Waals surface area contributed by atoms with Gasteiger partial charge in [-0.15, -0.1) is 12.4 Å². The van der Waals surface area contributed by atoms with Crippen LogP contribution >= 0.6 is 24.0 Å². The summed E-state index contributed by atoms with van der Waals surface area (Å²) in [4.78, 5) is 15.1. The molecule has 2 heterocycles. The smallest absolute Gasteiger partial charge is 0.257 e. The molecule has 1 fully saturated rings. The van der Waals surface area contributed by atoms with Gasteiger partial charge in [-0.3, -0.25) is 4.79 Å². The highest BCUT2D eigenvalue weighted by Crippen LogP contribution is 2.33. The molecule has 2 aromatic carbocycles. The van der Waals surface area contributed by atoms with Gasteiger partial charge in [-0.2, -0.15) is 5.10 Å². The lowest BCUT2D eigenvalue weighted by Gasteiger charge is -2.16. The predicted octanol–water partition coefficient (Wildman–Crippen LogP) is 4.07. The van der Waals surface area contributed by atoms with Crippen molar-refractivity contribution in [3.05, 3.63) is 82.6 Å². The number of aryl methyl sites for hydroxylation is 1. The first-order valence-electron chi connectivity index (χ1n) is 9.43. The van der Waals surface area contributed by atoms with Gasteiger partial charge in [0, 0.05) is 30.2 Å². The van der Waals surface area contributed by atoms with Gasteiger partial charge in [-0.05, 0) is 49.2 Å². The van der Waals surface area contributed by atoms with Crippen molar-refractivity contribution in [2.24, 2.45) is 11.7 Å². The largest absolute Gasteiger partial charge is 0.338 e. The summed E-state index contributed by atoms with van der Waals surface area (Å²) in [5.74, 6) is 0.536. The van der Waals surface area contributed by atoms with Crippen molar-refractivity contribution in [2.45, 2.75) is 12.8 Å². The number of carbonyl (C=O) groups excluding carboxylic acids is 1. The highest BCUT2D eigenvalue weighted by atomic mass is 35.5. The van der Waals surface area contributed by atoms with Gasteiger partial charge in [0.15, 0.2) is 0 Å². The van der Waals surface area contributed by atoms with Crippen molar-refractivity contribution in [1.29, 1.82) is 0 Å². The number of benzene rings is 2. The molecule has 3 aromatic rings. The third-order valence-electron chi connectivity index (χ3n) is 5.48. The second-order valence-corrected chi connectivity index (χ2v) is 7.71. The molecular weight excluding hydrogens is 407 g/mol. The number of nitrogens with zero attached hydrogens (tertiary/aromatic N) is 3. The Morgan fingerprint density at radius 1 is 1.14 bits per heavy atom. The Labute approximate surface area is 181 Å². The maximum atomic E-state index is 13.2. The maximum Gasteiger partial charge on any atom is 0.257 e. The molecule has 0 aliphatic carbocycles. The second-order valence-electron chi connectivity index (χ2n) is 7.27. The molecule has 0 spiro atoms. The number of hydrogen-bond donors (Lipinski definition) is 1. The molecule has 5 nitrogen and oxygen atoms in total. The third kappa shape index (κ3) is 4.32. The molecule has 0 radical (unpaired) electrons. The minimum atomic E-state index is 0. The molecule has 1 aliphatic heterocycles. The number of likely N-dealkylation sites (tertiary alicyclic amines) is 1. The lowest BCUT2D eigenvalue weighted by Crippen LogP contribution is -2.30. The standard InChI is InChI=1S/C22H23ClN4O.ClH/c1-15-20(14-27(25-15)19-9-7-18(23)8-10-19)22(28)26-12-17(11-24)21(13-26)16-5-3-2-4-6-16;/h2-10,14,17,21H,11-13,24H2,1H3;1H/t17-,21+;/m1./s1. The van der Waals surface area contributed by atoms with Crippen molar-refractivity contribution in [3.8, 4) is 5.69 Å². The van der Waals surface area contributed by atoms with E-state index in [1.54, 1.807) is 10.9 Å². The monoisotopic (exact) mass is 430 g/mol. The van der Waals surface area contributed by atoms with E-state index >= 15 is 0 Å². The summed E-state index contributed by atoms with van der Waals surface area (Å²) in [6.07, 6.45) is 1.80. The van der Waals surface area contributed by atoms with Crippen LogP contribution in [0.4, 0.5) is 0 Å². The van der Waals surface area contributed by atoms with Gasteiger partial charge >= 0.3 is 0 Å². The summed E-state index contributed by atoms with van der Waals surface area (Å²) in [6.45, 7) is 3.77. The van der Waals surface area contributed by atoms with Crippen molar-refractivity contribution in [1.82, 2.24) is 14.7 Å². The van der Waals surface area contributed by atoms with Crippen LogP contribution in [0.5, 0.6) is 0 Å². The molecule has 1 aliphatic rings. The zero-order chi connectivity index (χ0) is 19.7. The Balaban J connectivity index is 0.00000240. The van der Waals surface area contributed by atoms with Crippen LogP contribution in [0.1, 0.15) is 27.5 Å². The SMILES string of the molecule is Cc1nn(-c2ccc(Cl)cc2)cc1C(=O)N1C[C@@H](CN)[C@H](c2ccccc2)C1.Cl. The first kappa shape index (κ1) is 21.4. The quantitative estimate of drug-likeness (QED) is 0.678. The Morgan fingerprint density at radius 3 is 2.48 bits per heavy atom. The van der Waals surface area contributed by atoms with Gasteiger partial charge in [0.1, 0.15) is 0 Å². The fourth-order valence-electron chi connectivity index (χ4n) is 3.92. The molecule has 0 bridgehead atoms. The molecule has 1 saturated heterocycles. The highest BCUT2D eigenvalue weighted by molar-refractivity contribution is 6.30. The van der Waals surface area contributed by atoms with Gasteiger partial charge < -0.3 is 10.6 Å². The average Bonchev–Trinajstić information content (AvgIpc) is 3.32. The Hall–Kier alpha value is -2.34. The van der Waals surface area contributed by atoms with Crippen molar-refractivity contribution in [3.63, 3.8) is 0 Å². The van der Waals surface area contributed by atoms with E-state index in [2.05, 4.69) is 17.2 Å². The fraction of sp³-hybridized carbons (Fsp3) is 0.273. The lowest BCUT2D eigenvalue weighted by molar-refractivity contribution is 0.0785. The first-order chi connectivity index (χ1) is 13.6.